The van der Waals surface area contributed by atoms with Crippen molar-refractivity contribution < 1.29 is 14.3 Å². The van der Waals surface area contributed by atoms with E-state index in [1.807, 2.05) is 0 Å². The maximum absolute atomic E-state index is 12.6. The van der Waals surface area contributed by atoms with Crippen molar-refractivity contribution >= 4 is 11.6 Å². The van der Waals surface area contributed by atoms with E-state index in [-0.39, 0.29) is 11.6 Å². The van der Waals surface area contributed by atoms with Gasteiger partial charge in [-0.1, -0.05) is 12.1 Å². The number of nitrogens with one attached hydrogen (secondary N) is 1. The number of methoxy groups -OCH3 is 1. The summed E-state index contributed by atoms with van der Waals surface area (Å²) >= 11 is 0. The van der Waals surface area contributed by atoms with Crippen molar-refractivity contribution in [1.82, 2.24) is 5.32 Å². The monoisotopic (exact) mass is 285 g/mol. The van der Waals surface area contributed by atoms with Gasteiger partial charge in [-0.3, -0.25) is 9.59 Å². The van der Waals surface area contributed by atoms with Crippen molar-refractivity contribution in [2.75, 3.05) is 13.7 Å². The van der Waals surface area contributed by atoms with Crippen LogP contribution in [0.1, 0.15) is 36.0 Å². The second-order valence-corrected chi connectivity index (χ2v) is 5.56. The van der Waals surface area contributed by atoms with Crippen LogP contribution in [0.5, 0.6) is 5.75 Å². The molecule has 0 saturated carbocycles. The van der Waals surface area contributed by atoms with Gasteiger partial charge in [0.15, 0.2) is 11.6 Å². The third kappa shape index (κ3) is 2.58. The minimum atomic E-state index is -0.554. The van der Waals surface area contributed by atoms with Gasteiger partial charge in [0, 0.05) is 12.1 Å². The molecule has 0 spiro atoms. The van der Waals surface area contributed by atoms with E-state index in [1.54, 1.807) is 31.4 Å². The summed E-state index contributed by atoms with van der Waals surface area (Å²) in [7, 11) is 1.57. The van der Waals surface area contributed by atoms with Gasteiger partial charge in [0.05, 0.1) is 18.7 Å². The Bertz CT molecular complexity index is 618. The molecule has 1 unspecified atom stereocenters. The minimum absolute atomic E-state index is 0.0382. The molecule has 4 nitrogen and oxygen atoms in total. The van der Waals surface area contributed by atoms with Gasteiger partial charge in [0.1, 0.15) is 5.75 Å². The first-order valence-corrected chi connectivity index (χ1v) is 7.39. The highest BCUT2D eigenvalue weighted by Crippen LogP contribution is 2.32. The predicted octanol–water partition coefficient (Wildman–Crippen LogP) is 2.49. The first-order chi connectivity index (χ1) is 10.2. The van der Waals surface area contributed by atoms with Crippen LogP contribution in [0.15, 0.2) is 35.5 Å². The molecule has 1 aliphatic carbocycles. The van der Waals surface area contributed by atoms with Gasteiger partial charge in [-0.05, 0) is 43.4 Å². The Balaban J connectivity index is 1.85. The zero-order valence-electron chi connectivity index (χ0n) is 12.1. The quantitative estimate of drug-likeness (QED) is 0.685. The lowest BCUT2D eigenvalue weighted by Gasteiger charge is -2.29. The molecule has 0 amide bonds. The molecule has 0 radical (unpaired) electrons. The molecule has 21 heavy (non-hydrogen) atoms. The molecule has 3 rings (SSSR count). The number of allylic oxidation sites excluding steroid dienone is 2. The fourth-order valence-electron chi connectivity index (χ4n) is 3.13. The van der Waals surface area contributed by atoms with Crippen LogP contribution in [0, 0.1) is 5.92 Å². The average Bonchev–Trinajstić information content (AvgIpc) is 2.55. The van der Waals surface area contributed by atoms with Gasteiger partial charge < -0.3 is 10.1 Å². The first kappa shape index (κ1) is 13.9. The van der Waals surface area contributed by atoms with Crippen LogP contribution in [0.3, 0.4) is 0 Å². The Hall–Kier alpha value is -2.10. The molecule has 110 valence electrons. The molecule has 1 atom stereocenters. The molecule has 1 aliphatic heterocycles. The largest absolute Gasteiger partial charge is 0.497 e. The zero-order valence-corrected chi connectivity index (χ0v) is 12.1. The molecule has 1 aromatic carbocycles. The molecule has 1 heterocycles. The highest BCUT2D eigenvalue weighted by atomic mass is 16.5. The summed E-state index contributed by atoms with van der Waals surface area (Å²) in [5, 5.41) is 3.18. The number of carbonyl (C=O) groups is 2. The number of hydrogen-bond acceptors (Lipinski definition) is 4. The van der Waals surface area contributed by atoms with Crippen LogP contribution in [0.25, 0.3) is 0 Å². The van der Waals surface area contributed by atoms with E-state index in [0.29, 0.717) is 23.4 Å². The number of ketones is 2. The summed E-state index contributed by atoms with van der Waals surface area (Å²) in [6.45, 7) is 0.824. The summed E-state index contributed by atoms with van der Waals surface area (Å²) in [6.07, 6.45) is 3.51. The van der Waals surface area contributed by atoms with Gasteiger partial charge >= 0.3 is 0 Å². The van der Waals surface area contributed by atoms with Crippen LogP contribution in [-0.2, 0) is 4.79 Å². The number of Topliss-reactive ketones (excluding diaryl/α,β-unsaturated/α-hetero) is 2. The van der Waals surface area contributed by atoms with E-state index in [1.165, 1.54) is 5.57 Å². The van der Waals surface area contributed by atoms with Crippen molar-refractivity contribution in [3.8, 4) is 5.75 Å². The molecular weight excluding hydrogens is 266 g/mol. The molecule has 1 N–H and O–H groups in total. The number of carbonyl (C=O) groups excluding carboxylic acids is 2. The van der Waals surface area contributed by atoms with Crippen molar-refractivity contribution in [3.63, 3.8) is 0 Å². The second kappa shape index (κ2) is 5.72. The van der Waals surface area contributed by atoms with Gasteiger partial charge in [0.25, 0.3) is 0 Å². The highest BCUT2D eigenvalue weighted by molar-refractivity contribution is 6.16. The van der Waals surface area contributed by atoms with E-state index in [9.17, 15) is 9.59 Å². The van der Waals surface area contributed by atoms with Crippen LogP contribution in [0.4, 0.5) is 0 Å². The summed E-state index contributed by atoms with van der Waals surface area (Å²) in [6, 6.07) is 7.02. The number of benzene rings is 1. The Morgan fingerprint density at radius 2 is 2.19 bits per heavy atom. The second-order valence-electron chi connectivity index (χ2n) is 5.56. The number of rotatable bonds is 3. The predicted molar refractivity (Wildman–Crippen MR) is 79.3 cm³/mol. The SMILES string of the molecule is COc1cccc(C(=O)C2CCC3=C(NCCC3)C2=O)c1. The van der Waals surface area contributed by atoms with Crippen molar-refractivity contribution in [2.45, 2.75) is 25.7 Å². The summed E-state index contributed by atoms with van der Waals surface area (Å²) < 4.78 is 5.15. The molecule has 1 aromatic rings. The number of ether oxygens (including phenoxy) is 1. The maximum atomic E-state index is 12.6. The smallest absolute Gasteiger partial charge is 0.189 e. The van der Waals surface area contributed by atoms with Gasteiger partial charge in [0.2, 0.25) is 0 Å². The summed E-state index contributed by atoms with van der Waals surface area (Å²) in [4.78, 5) is 25.2. The van der Waals surface area contributed by atoms with E-state index in [0.717, 1.165) is 25.8 Å². The van der Waals surface area contributed by atoms with Crippen LogP contribution in [-0.4, -0.2) is 25.2 Å². The summed E-state index contributed by atoms with van der Waals surface area (Å²) in [5.41, 5.74) is 2.45. The number of hydrogen-bond donors (Lipinski definition) is 1. The van der Waals surface area contributed by atoms with Gasteiger partial charge in [-0.2, -0.15) is 0 Å². The lowest BCUT2D eigenvalue weighted by atomic mass is 9.79. The van der Waals surface area contributed by atoms with E-state index in [2.05, 4.69) is 5.32 Å². The van der Waals surface area contributed by atoms with Crippen molar-refractivity contribution in [1.29, 1.82) is 0 Å². The van der Waals surface area contributed by atoms with Gasteiger partial charge in [-0.15, -0.1) is 0 Å². The normalized spacial score (nSPS) is 21.6. The fraction of sp³-hybridized carbons (Fsp3) is 0.412. The Labute approximate surface area is 124 Å². The topological polar surface area (TPSA) is 55.4 Å². The highest BCUT2D eigenvalue weighted by Gasteiger charge is 2.35. The standard InChI is InChI=1S/C17H19NO3/c1-21-13-6-2-4-12(10-13)16(19)14-8-7-11-5-3-9-18-15(11)17(14)20/h2,4,6,10,14,18H,3,5,7-9H2,1H3. The molecular formula is C17H19NO3. The van der Waals surface area contributed by atoms with E-state index >= 15 is 0 Å². The van der Waals surface area contributed by atoms with Gasteiger partial charge in [-0.25, -0.2) is 0 Å². The van der Waals surface area contributed by atoms with Crippen LogP contribution >= 0.6 is 0 Å². The molecule has 0 aromatic heterocycles. The molecule has 0 fully saturated rings. The van der Waals surface area contributed by atoms with E-state index in [4.69, 9.17) is 4.74 Å². The Morgan fingerprint density at radius 1 is 1.33 bits per heavy atom. The van der Waals surface area contributed by atoms with E-state index < -0.39 is 5.92 Å². The minimum Gasteiger partial charge on any atom is -0.497 e. The summed E-state index contributed by atoms with van der Waals surface area (Å²) in [5.74, 6) is -0.0529. The Kier molecular flexibility index (Phi) is 3.78. The lowest BCUT2D eigenvalue weighted by molar-refractivity contribution is -0.119. The first-order valence-electron chi connectivity index (χ1n) is 7.39. The third-order valence-corrected chi connectivity index (χ3v) is 4.28. The maximum Gasteiger partial charge on any atom is 0.189 e. The fourth-order valence-corrected chi connectivity index (χ4v) is 3.13. The van der Waals surface area contributed by atoms with Crippen molar-refractivity contribution in [3.05, 3.63) is 41.1 Å². The van der Waals surface area contributed by atoms with Crippen LogP contribution in [0.2, 0.25) is 0 Å². The lowest BCUT2D eigenvalue weighted by Crippen LogP contribution is -2.37. The Morgan fingerprint density at radius 3 is 3.00 bits per heavy atom. The van der Waals surface area contributed by atoms with Crippen LogP contribution < -0.4 is 10.1 Å². The molecule has 0 saturated heterocycles. The molecule has 0 bridgehead atoms. The average molecular weight is 285 g/mol. The molecule has 2 aliphatic rings. The zero-order chi connectivity index (χ0) is 14.8. The molecule has 4 heteroatoms. The third-order valence-electron chi connectivity index (χ3n) is 4.28. The van der Waals surface area contributed by atoms with Crippen molar-refractivity contribution in [2.24, 2.45) is 5.92 Å².